The van der Waals surface area contributed by atoms with Crippen LogP contribution in [0.5, 0.6) is 0 Å². The van der Waals surface area contributed by atoms with Crippen molar-refractivity contribution in [2.75, 3.05) is 38.7 Å². The highest BCUT2D eigenvalue weighted by molar-refractivity contribution is 14.0. The van der Waals surface area contributed by atoms with Crippen LogP contribution in [0.1, 0.15) is 12.8 Å². The van der Waals surface area contributed by atoms with E-state index in [-0.39, 0.29) is 48.2 Å². The van der Waals surface area contributed by atoms with Gasteiger partial charge in [0, 0.05) is 38.9 Å². The standard InChI is InChI=1S/C15H22FN5O2.HI/c1-17-15(19-8-5-13(22)23-2)20-11-6-9-21(10-11)14-12(16)4-3-7-18-14;/h3-4,7,11H,5-6,8-10H2,1-2H3,(H2,17,19,20);1H. The molecule has 1 saturated heterocycles. The maximum Gasteiger partial charge on any atom is 0.307 e. The second-order valence-corrected chi connectivity index (χ2v) is 5.21. The fourth-order valence-electron chi connectivity index (χ4n) is 2.45. The number of pyridine rings is 1. The van der Waals surface area contributed by atoms with Crippen LogP contribution in [0, 0.1) is 5.82 Å². The summed E-state index contributed by atoms with van der Waals surface area (Å²) in [7, 11) is 3.03. The van der Waals surface area contributed by atoms with Crippen molar-refractivity contribution in [2.45, 2.75) is 18.9 Å². The van der Waals surface area contributed by atoms with Crippen LogP contribution in [0.3, 0.4) is 0 Å². The lowest BCUT2D eigenvalue weighted by molar-refractivity contribution is -0.140. The van der Waals surface area contributed by atoms with E-state index in [1.165, 1.54) is 13.2 Å². The van der Waals surface area contributed by atoms with E-state index in [1.54, 1.807) is 19.3 Å². The number of rotatable bonds is 5. The Labute approximate surface area is 158 Å². The monoisotopic (exact) mass is 451 g/mol. The van der Waals surface area contributed by atoms with Crippen molar-refractivity contribution < 1.29 is 13.9 Å². The number of hydrogen-bond donors (Lipinski definition) is 2. The summed E-state index contributed by atoms with van der Waals surface area (Å²) in [6.07, 6.45) is 2.72. The molecule has 7 nitrogen and oxygen atoms in total. The minimum atomic E-state index is -0.311. The maximum absolute atomic E-state index is 13.8. The Morgan fingerprint density at radius 3 is 3.04 bits per heavy atom. The lowest BCUT2D eigenvalue weighted by Gasteiger charge is -2.19. The topological polar surface area (TPSA) is 78.8 Å². The van der Waals surface area contributed by atoms with Gasteiger partial charge in [0.05, 0.1) is 13.5 Å². The Balaban J connectivity index is 0.00000288. The Kier molecular flexibility index (Phi) is 8.72. The molecule has 9 heteroatoms. The lowest BCUT2D eigenvalue weighted by atomic mass is 10.3. The Hall–Kier alpha value is -1.65. The molecular weight excluding hydrogens is 428 g/mol. The minimum Gasteiger partial charge on any atom is -0.469 e. The summed E-state index contributed by atoms with van der Waals surface area (Å²) in [5.74, 6) is 0.409. The fraction of sp³-hybridized carbons (Fsp3) is 0.533. The van der Waals surface area contributed by atoms with Crippen LogP contribution in [0.25, 0.3) is 0 Å². The van der Waals surface area contributed by atoms with E-state index in [1.807, 2.05) is 4.90 Å². The number of aliphatic imine (C=N–C) groups is 1. The molecule has 0 saturated carbocycles. The predicted molar refractivity (Wildman–Crippen MR) is 101 cm³/mol. The first-order valence-corrected chi connectivity index (χ1v) is 7.53. The van der Waals surface area contributed by atoms with E-state index in [9.17, 15) is 9.18 Å². The number of nitrogens with zero attached hydrogens (tertiary/aromatic N) is 3. The third-order valence-electron chi connectivity index (χ3n) is 3.64. The van der Waals surface area contributed by atoms with Gasteiger partial charge >= 0.3 is 5.97 Å². The number of guanidine groups is 1. The van der Waals surface area contributed by atoms with Crippen LogP contribution in [-0.2, 0) is 9.53 Å². The highest BCUT2D eigenvalue weighted by atomic mass is 127. The van der Waals surface area contributed by atoms with Crippen molar-refractivity contribution in [1.82, 2.24) is 15.6 Å². The highest BCUT2D eigenvalue weighted by Crippen LogP contribution is 2.20. The first kappa shape index (κ1) is 20.4. The maximum atomic E-state index is 13.8. The average Bonchev–Trinajstić information content (AvgIpc) is 3.02. The molecule has 0 aromatic carbocycles. The van der Waals surface area contributed by atoms with Crippen molar-refractivity contribution in [1.29, 1.82) is 0 Å². The number of halogens is 2. The third-order valence-corrected chi connectivity index (χ3v) is 3.64. The van der Waals surface area contributed by atoms with Gasteiger partial charge in [0.25, 0.3) is 0 Å². The van der Waals surface area contributed by atoms with Crippen LogP contribution in [0.4, 0.5) is 10.2 Å². The largest absolute Gasteiger partial charge is 0.469 e. The molecule has 2 rings (SSSR count). The Bertz CT molecular complexity index is 573. The first-order chi connectivity index (χ1) is 11.1. The smallest absolute Gasteiger partial charge is 0.307 e. The zero-order chi connectivity index (χ0) is 16.7. The molecule has 24 heavy (non-hydrogen) atoms. The minimum absolute atomic E-state index is 0. The van der Waals surface area contributed by atoms with Gasteiger partial charge in [0.2, 0.25) is 0 Å². The summed E-state index contributed by atoms with van der Waals surface area (Å²) in [5, 5.41) is 6.33. The summed E-state index contributed by atoms with van der Waals surface area (Å²) >= 11 is 0. The molecule has 1 aliphatic rings. The van der Waals surface area contributed by atoms with Crippen molar-refractivity contribution >= 4 is 41.7 Å². The first-order valence-electron chi connectivity index (χ1n) is 7.53. The number of carbonyl (C=O) groups is 1. The zero-order valence-corrected chi connectivity index (χ0v) is 16.1. The van der Waals surface area contributed by atoms with Crippen LogP contribution in [-0.4, -0.2) is 56.7 Å². The quantitative estimate of drug-likeness (QED) is 0.303. The molecule has 0 radical (unpaired) electrons. The van der Waals surface area contributed by atoms with Gasteiger partial charge in [-0.15, -0.1) is 24.0 Å². The number of esters is 1. The zero-order valence-electron chi connectivity index (χ0n) is 13.8. The van der Waals surface area contributed by atoms with Gasteiger partial charge in [-0.05, 0) is 18.6 Å². The summed E-state index contributed by atoms with van der Waals surface area (Å²) < 4.78 is 18.4. The number of ether oxygens (including phenoxy) is 1. The van der Waals surface area contributed by atoms with Gasteiger partial charge in [-0.2, -0.15) is 0 Å². The molecule has 2 N–H and O–H groups in total. The van der Waals surface area contributed by atoms with Crippen LogP contribution < -0.4 is 15.5 Å². The van der Waals surface area contributed by atoms with E-state index in [2.05, 4.69) is 25.3 Å². The van der Waals surface area contributed by atoms with Crippen molar-refractivity contribution in [2.24, 2.45) is 4.99 Å². The molecular formula is C15H23FIN5O2. The van der Waals surface area contributed by atoms with Gasteiger partial charge < -0.3 is 20.3 Å². The van der Waals surface area contributed by atoms with Gasteiger partial charge in [0.1, 0.15) is 0 Å². The van der Waals surface area contributed by atoms with Crippen molar-refractivity contribution in [3.8, 4) is 0 Å². The lowest BCUT2D eigenvalue weighted by Crippen LogP contribution is -2.45. The fourth-order valence-corrected chi connectivity index (χ4v) is 2.45. The summed E-state index contributed by atoms with van der Waals surface area (Å²) in [5.41, 5.74) is 0. The average molecular weight is 451 g/mol. The second-order valence-electron chi connectivity index (χ2n) is 5.21. The molecule has 134 valence electrons. The second kappa shape index (κ2) is 10.3. The van der Waals surface area contributed by atoms with E-state index >= 15 is 0 Å². The van der Waals surface area contributed by atoms with E-state index < -0.39 is 0 Å². The van der Waals surface area contributed by atoms with E-state index in [0.717, 1.165) is 13.0 Å². The predicted octanol–water partition coefficient (Wildman–Crippen LogP) is 1.15. The van der Waals surface area contributed by atoms with Crippen molar-refractivity contribution in [3.63, 3.8) is 0 Å². The Morgan fingerprint density at radius 2 is 2.38 bits per heavy atom. The SMILES string of the molecule is CN=C(NCCC(=O)OC)NC1CCN(c2ncccc2F)C1.I. The van der Waals surface area contributed by atoms with E-state index in [4.69, 9.17) is 0 Å². The van der Waals surface area contributed by atoms with Crippen LogP contribution in [0.2, 0.25) is 0 Å². The number of hydrogen-bond acceptors (Lipinski definition) is 5. The molecule has 1 aliphatic heterocycles. The van der Waals surface area contributed by atoms with Crippen molar-refractivity contribution in [3.05, 3.63) is 24.1 Å². The summed E-state index contributed by atoms with van der Waals surface area (Å²) in [4.78, 5) is 21.2. The Morgan fingerprint density at radius 1 is 1.58 bits per heavy atom. The molecule has 1 fully saturated rings. The van der Waals surface area contributed by atoms with Crippen LogP contribution >= 0.6 is 24.0 Å². The van der Waals surface area contributed by atoms with Gasteiger partial charge in [0.15, 0.2) is 17.6 Å². The van der Waals surface area contributed by atoms with Gasteiger partial charge in [-0.1, -0.05) is 0 Å². The molecule has 0 amide bonds. The normalized spacial score (nSPS) is 17.2. The summed E-state index contributed by atoms with van der Waals surface area (Å²) in [6.45, 7) is 1.81. The number of methoxy groups -OCH3 is 1. The number of nitrogens with one attached hydrogen (secondary N) is 2. The molecule has 1 atom stereocenters. The van der Waals surface area contributed by atoms with E-state index in [0.29, 0.717) is 24.9 Å². The highest BCUT2D eigenvalue weighted by Gasteiger charge is 2.25. The molecule has 1 aromatic rings. The number of aromatic nitrogens is 1. The molecule has 0 aliphatic carbocycles. The molecule has 0 bridgehead atoms. The number of anilines is 1. The molecule has 2 heterocycles. The molecule has 1 aromatic heterocycles. The number of carbonyl (C=O) groups excluding carboxylic acids is 1. The third kappa shape index (κ3) is 5.77. The van der Waals surface area contributed by atoms with Gasteiger partial charge in [-0.3, -0.25) is 9.79 Å². The van der Waals surface area contributed by atoms with Crippen LogP contribution in [0.15, 0.2) is 23.3 Å². The molecule has 1 unspecified atom stereocenters. The van der Waals surface area contributed by atoms with Gasteiger partial charge in [-0.25, -0.2) is 9.37 Å². The molecule has 0 spiro atoms. The summed E-state index contributed by atoms with van der Waals surface area (Å²) in [6, 6.07) is 3.13.